The molecule has 3 rings (SSSR count). The monoisotopic (exact) mass is 290 g/mol. The van der Waals surface area contributed by atoms with Gasteiger partial charge in [0.15, 0.2) is 0 Å². The van der Waals surface area contributed by atoms with E-state index in [0.29, 0.717) is 5.56 Å². The van der Waals surface area contributed by atoms with Crippen LogP contribution < -0.4 is 0 Å². The second kappa shape index (κ2) is 5.45. The number of nitrogens with zero attached hydrogens (tertiary/aromatic N) is 2. The van der Waals surface area contributed by atoms with Crippen molar-refractivity contribution in [3.05, 3.63) is 80.9 Å². The number of nitro benzene ring substituents is 1. The minimum atomic E-state index is -0.415. The highest BCUT2D eigenvalue weighted by Gasteiger charge is 2.31. The van der Waals surface area contributed by atoms with Crippen LogP contribution in [-0.2, 0) is 0 Å². The molecule has 0 spiro atoms. The Morgan fingerprint density at radius 2 is 1.95 bits per heavy atom. The summed E-state index contributed by atoms with van der Waals surface area (Å²) in [7, 11) is 0. The highest BCUT2D eigenvalue weighted by atomic mass is 16.6. The zero-order valence-corrected chi connectivity index (χ0v) is 12.1. The van der Waals surface area contributed by atoms with E-state index in [1.54, 1.807) is 18.2 Å². The number of fused-ring (bicyclic) bond motifs is 1. The number of para-hydroxylation sites is 1. The van der Waals surface area contributed by atoms with Crippen LogP contribution in [0, 0.1) is 28.4 Å². The summed E-state index contributed by atoms with van der Waals surface area (Å²) < 4.78 is 0. The van der Waals surface area contributed by atoms with Crippen molar-refractivity contribution in [1.29, 1.82) is 5.26 Å². The highest BCUT2D eigenvalue weighted by molar-refractivity contribution is 5.64. The van der Waals surface area contributed by atoms with Crippen LogP contribution >= 0.6 is 0 Å². The van der Waals surface area contributed by atoms with Gasteiger partial charge in [-0.05, 0) is 18.1 Å². The van der Waals surface area contributed by atoms with Crippen LogP contribution in [0.25, 0.3) is 6.08 Å². The van der Waals surface area contributed by atoms with Crippen molar-refractivity contribution >= 4 is 11.8 Å². The van der Waals surface area contributed by atoms with E-state index in [1.807, 2.05) is 37.3 Å². The molecule has 2 unspecified atom stereocenters. The van der Waals surface area contributed by atoms with Crippen molar-refractivity contribution in [3.8, 4) is 6.07 Å². The molecule has 0 N–H and O–H groups in total. The number of allylic oxidation sites excluding steroid dienone is 1. The molecule has 0 saturated heterocycles. The molecule has 1 aliphatic carbocycles. The lowest BCUT2D eigenvalue weighted by Gasteiger charge is -2.25. The number of rotatable bonds is 2. The topological polar surface area (TPSA) is 66.9 Å². The third-order valence-electron chi connectivity index (χ3n) is 4.05. The van der Waals surface area contributed by atoms with Gasteiger partial charge in [-0.1, -0.05) is 54.1 Å². The van der Waals surface area contributed by atoms with E-state index in [9.17, 15) is 15.4 Å². The van der Waals surface area contributed by atoms with Gasteiger partial charge in [-0.3, -0.25) is 10.1 Å². The van der Waals surface area contributed by atoms with E-state index >= 15 is 0 Å². The van der Waals surface area contributed by atoms with Gasteiger partial charge in [0.1, 0.15) is 0 Å². The average Bonchev–Trinajstić information content (AvgIpc) is 2.53. The summed E-state index contributed by atoms with van der Waals surface area (Å²) in [5.74, 6) is -0.719. The van der Waals surface area contributed by atoms with Crippen LogP contribution in [0.5, 0.6) is 0 Å². The van der Waals surface area contributed by atoms with Crippen molar-refractivity contribution in [2.45, 2.75) is 18.8 Å². The Labute approximate surface area is 128 Å². The fraction of sp³-hybridized carbons (Fsp3) is 0.167. The summed E-state index contributed by atoms with van der Waals surface area (Å²) in [5, 5.41) is 20.9. The Kier molecular flexibility index (Phi) is 3.48. The van der Waals surface area contributed by atoms with E-state index in [1.165, 1.54) is 6.07 Å². The van der Waals surface area contributed by atoms with E-state index < -0.39 is 5.92 Å². The molecule has 0 heterocycles. The van der Waals surface area contributed by atoms with Gasteiger partial charge in [-0.25, -0.2) is 0 Å². The standard InChI is InChI=1S/C18H14N2O2/c1-12-6-8-14-13(10-12)7-9-15(17(14)11-19)16-4-2-3-5-18(16)20(21)22/h2-10,15,17H,1H3. The van der Waals surface area contributed by atoms with Crippen molar-refractivity contribution in [2.24, 2.45) is 0 Å². The van der Waals surface area contributed by atoms with E-state index in [2.05, 4.69) is 6.07 Å². The van der Waals surface area contributed by atoms with Crippen molar-refractivity contribution < 1.29 is 4.92 Å². The van der Waals surface area contributed by atoms with Gasteiger partial charge in [0, 0.05) is 17.5 Å². The van der Waals surface area contributed by atoms with Crippen molar-refractivity contribution in [2.75, 3.05) is 0 Å². The molecule has 2 aromatic rings. The number of nitro groups is 1. The lowest BCUT2D eigenvalue weighted by Crippen LogP contribution is -2.14. The quantitative estimate of drug-likeness (QED) is 0.611. The average molecular weight is 290 g/mol. The maximum atomic E-state index is 11.2. The van der Waals surface area contributed by atoms with E-state index in [4.69, 9.17) is 0 Å². The Morgan fingerprint density at radius 3 is 2.68 bits per heavy atom. The second-order valence-corrected chi connectivity index (χ2v) is 5.44. The van der Waals surface area contributed by atoms with Crippen LogP contribution in [-0.4, -0.2) is 4.92 Å². The second-order valence-electron chi connectivity index (χ2n) is 5.44. The largest absolute Gasteiger partial charge is 0.273 e. The Bertz CT molecular complexity index is 818. The van der Waals surface area contributed by atoms with Crippen LogP contribution in [0.3, 0.4) is 0 Å². The SMILES string of the molecule is Cc1ccc2c(c1)C=CC(c1ccccc1[N+](=O)[O-])C2C#N. The fourth-order valence-corrected chi connectivity index (χ4v) is 3.00. The number of nitriles is 1. The van der Waals surface area contributed by atoms with E-state index in [-0.39, 0.29) is 16.5 Å². The first-order valence-corrected chi connectivity index (χ1v) is 7.03. The minimum Gasteiger partial charge on any atom is -0.258 e. The van der Waals surface area contributed by atoms with Crippen LogP contribution in [0.4, 0.5) is 5.69 Å². The molecule has 2 aromatic carbocycles. The zero-order chi connectivity index (χ0) is 15.7. The summed E-state index contributed by atoms with van der Waals surface area (Å²) in [6, 6.07) is 14.9. The molecule has 0 fully saturated rings. The molecule has 4 nitrogen and oxygen atoms in total. The molecule has 0 aromatic heterocycles. The number of aryl methyl sites for hydroxylation is 1. The molecule has 0 bridgehead atoms. The smallest absolute Gasteiger partial charge is 0.258 e. The Hall–Kier alpha value is -2.93. The molecular weight excluding hydrogens is 276 g/mol. The number of benzene rings is 2. The van der Waals surface area contributed by atoms with E-state index in [0.717, 1.165) is 16.7 Å². The van der Waals surface area contributed by atoms with Crippen molar-refractivity contribution in [3.63, 3.8) is 0 Å². The van der Waals surface area contributed by atoms with Gasteiger partial charge in [0.25, 0.3) is 5.69 Å². The predicted octanol–water partition coefficient (Wildman–Crippen LogP) is 4.32. The van der Waals surface area contributed by atoms with Gasteiger partial charge < -0.3 is 0 Å². The maximum absolute atomic E-state index is 11.2. The fourth-order valence-electron chi connectivity index (χ4n) is 3.00. The van der Waals surface area contributed by atoms with Gasteiger partial charge >= 0.3 is 0 Å². The summed E-state index contributed by atoms with van der Waals surface area (Å²) in [6.45, 7) is 2.00. The molecule has 0 saturated carbocycles. The van der Waals surface area contributed by atoms with Gasteiger partial charge in [0.2, 0.25) is 0 Å². The highest BCUT2D eigenvalue weighted by Crippen LogP contribution is 2.42. The first-order chi connectivity index (χ1) is 10.6. The van der Waals surface area contributed by atoms with Crippen molar-refractivity contribution in [1.82, 2.24) is 0 Å². The Morgan fingerprint density at radius 1 is 1.18 bits per heavy atom. The molecule has 1 aliphatic rings. The molecule has 4 heteroatoms. The molecule has 0 radical (unpaired) electrons. The predicted molar refractivity (Wildman–Crippen MR) is 84.4 cm³/mol. The normalized spacial score (nSPS) is 19.3. The third kappa shape index (κ3) is 2.27. The Balaban J connectivity index is 2.13. The van der Waals surface area contributed by atoms with Gasteiger partial charge in [-0.2, -0.15) is 5.26 Å². The summed E-state index contributed by atoms with van der Waals surface area (Å²) >= 11 is 0. The summed E-state index contributed by atoms with van der Waals surface area (Å²) in [5.41, 5.74) is 3.72. The summed E-state index contributed by atoms with van der Waals surface area (Å²) in [4.78, 5) is 10.9. The number of hydrogen-bond donors (Lipinski definition) is 0. The molecule has 22 heavy (non-hydrogen) atoms. The van der Waals surface area contributed by atoms with Crippen LogP contribution in [0.2, 0.25) is 0 Å². The molecule has 0 aliphatic heterocycles. The molecular formula is C18H14N2O2. The molecule has 2 atom stereocenters. The van der Waals surface area contributed by atoms with Crippen LogP contribution in [0.1, 0.15) is 34.1 Å². The minimum absolute atomic E-state index is 0.0629. The maximum Gasteiger partial charge on any atom is 0.273 e. The number of hydrogen-bond acceptors (Lipinski definition) is 3. The lowest BCUT2D eigenvalue weighted by molar-refractivity contribution is -0.385. The molecule has 0 amide bonds. The first-order valence-electron chi connectivity index (χ1n) is 7.03. The molecule has 108 valence electrons. The van der Waals surface area contributed by atoms with Gasteiger partial charge in [-0.15, -0.1) is 0 Å². The lowest BCUT2D eigenvalue weighted by atomic mass is 9.76. The van der Waals surface area contributed by atoms with Gasteiger partial charge in [0.05, 0.1) is 16.9 Å². The first kappa shape index (κ1) is 14.0. The zero-order valence-electron chi connectivity index (χ0n) is 12.1. The third-order valence-corrected chi connectivity index (χ3v) is 4.05. The summed E-state index contributed by atoms with van der Waals surface area (Å²) in [6.07, 6.45) is 3.86. The van der Waals surface area contributed by atoms with Crippen LogP contribution in [0.15, 0.2) is 48.5 Å².